The number of nitrogen functional groups attached to an aromatic ring is 1. The predicted molar refractivity (Wildman–Crippen MR) is 79.3 cm³/mol. The van der Waals surface area contributed by atoms with Crippen LogP contribution in [0.4, 0.5) is 11.5 Å². The molecule has 1 aliphatic carbocycles. The molecule has 0 atom stereocenters. The second-order valence-corrected chi connectivity index (χ2v) is 5.65. The average Bonchev–Trinajstić information content (AvgIpc) is 3.24. The molecular weight excluding hydrogens is 340 g/mol. The van der Waals surface area contributed by atoms with Gasteiger partial charge >= 0.3 is 5.69 Å². The highest BCUT2D eigenvalue weighted by Crippen LogP contribution is 2.40. The van der Waals surface area contributed by atoms with E-state index in [2.05, 4.69) is 25.9 Å². The summed E-state index contributed by atoms with van der Waals surface area (Å²) in [6.45, 7) is 0. The van der Waals surface area contributed by atoms with Crippen LogP contribution in [-0.2, 0) is 0 Å². The van der Waals surface area contributed by atoms with Crippen LogP contribution in [0.25, 0.3) is 0 Å². The lowest BCUT2D eigenvalue weighted by molar-refractivity contribution is -0.385. The van der Waals surface area contributed by atoms with Crippen molar-refractivity contribution in [2.75, 3.05) is 5.73 Å². The van der Waals surface area contributed by atoms with E-state index in [1.165, 1.54) is 18.2 Å². The first-order valence-corrected chi connectivity index (χ1v) is 7.08. The van der Waals surface area contributed by atoms with Gasteiger partial charge in [0.15, 0.2) is 0 Å². The van der Waals surface area contributed by atoms with Gasteiger partial charge in [-0.25, -0.2) is 4.98 Å². The lowest BCUT2D eigenvalue weighted by Gasteiger charge is -2.07. The number of halogens is 1. The van der Waals surface area contributed by atoms with E-state index in [-0.39, 0.29) is 17.3 Å². The Morgan fingerprint density at radius 2 is 2.10 bits per heavy atom. The number of ether oxygens (including phenoxy) is 1. The highest BCUT2D eigenvalue weighted by Gasteiger charge is 2.27. The summed E-state index contributed by atoms with van der Waals surface area (Å²) in [6, 6.07) is 6.01. The Morgan fingerprint density at radius 1 is 1.33 bits per heavy atom. The summed E-state index contributed by atoms with van der Waals surface area (Å²) in [5, 5.41) is 11.1. The standard InChI is InChI=1S/C13H11BrN4O3/c14-8-3-4-10(9(5-8)18(19)20)21-12-6-11(15)16-13(17-12)7-1-2-7/h3-7H,1-2H2,(H2,15,16,17). The molecule has 1 aromatic heterocycles. The third kappa shape index (κ3) is 3.10. The molecule has 1 aliphatic rings. The molecule has 2 aromatic rings. The first kappa shape index (κ1) is 13.7. The molecule has 1 aromatic carbocycles. The maximum absolute atomic E-state index is 11.1. The Kier molecular flexibility index (Phi) is 3.46. The van der Waals surface area contributed by atoms with Gasteiger partial charge in [-0.3, -0.25) is 10.1 Å². The molecule has 8 heteroatoms. The molecule has 108 valence electrons. The number of nitro benzene ring substituents is 1. The second-order valence-electron chi connectivity index (χ2n) is 4.73. The third-order valence-electron chi connectivity index (χ3n) is 3.01. The van der Waals surface area contributed by atoms with Gasteiger partial charge in [-0.1, -0.05) is 15.9 Å². The first-order chi connectivity index (χ1) is 10.0. The SMILES string of the molecule is Nc1cc(Oc2ccc(Br)cc2[N+](=O)[O-])nc(C2CC2)n1. The Morgan fingerprint density at radius 3 is 2.76 bits per heavy atom. The molecule has 3 rings (SSSR count). The van der Waals surface area contributed by atoms with E-state index in [0.717, 1.165) is 12.8 Å². The summed E-state index contributed by atoms with van der Waals surface area (Å²) in [7, 11) is 0. The molecule has 1 saturated carbocycles. The Balaban J connectivity index is 1.95. The van der Waals surface area contributed by atoms with Crippen LogP contribution in [-0.4, -0.2) is 14.9 Å². The minimum atomic E-state index is -0.507. The fraction of sp³-hybridized carbons (Fsp3) is 0.231. The molecule has 0 aliphatic heterocycles. The fourth-order valence-electron chi connectivity index (χ4n) is 1.87. The van der Waals surface area contributed by atoms with Crippen molar-refractivity contribution in [3.63, 3.8) is 0 Å². The van der Waals surface area contributed by atoms with Crippen molar-refractivity contribution < 1.29 is 9.66 Å². The van der Waals surface area contributed by atoms with Crippen molar-refractivity contribution >= 4 is 27.4 Å². The van der Waals surface area contributed by atoms with Crippen LogP contribution in [0.2, 0.25) is 0 Å². The van der Waals surface area contributed by atoms with Crippen LogP contribution in [0.3, 0.4) is 0 Å². The van der Waals surface area contributed by atoms with Crippen molar-refractivity contribution in [2.45, 2.75) is 18.8 Å². The van der Waals surface area contributed by atoms with Gasteiger partial charge in [-0.05, 0) is 25.0 Å². The van der Waals surface area contributed by atoms with Gasteiger partial charge < -0.3 is 10.5 Å². The Hall–Kier alpha value is -2.22. The number of anilines is 1. The van der Waals surface area contributed by atoms with E-state index >= 15 is 0 Å². The highest BCUT2D eigenvalue weighted by molar-refractivity contribution is 9.10. The minimum Gasteiger partial charge on any atom is -0.432 e. The second kappa shape index (κ2) is 5.28. The Labute approximate surface area is 128 Å². The Bertz CT molecular complexity index is 719. The van der Waals surface area contributed by atoms with Gasteiger partial charge in [0.2, 0.25) is 11.6 Å². The van der Waals surface area contributed by atoms with E-state index in [1.807, 2.05) is 0 Å². The van der Waals surface area contributed by atoms with Crippen LogP contribution in [0.5, 0.6) is 11.6 Å². The molecule has 0 amide bonds. The first-order valence-electron chi connectivity index (χ1n) is 6.29. The molecule has 1 fully saturated rings. The summed E-state index contributed by atoms with van der Waals surface area (Å²) in [5.74, 6) is 1.57. The molecule has 7 nitrogen and oxygen atoms in total. The molecule has 0 unspecified atom stereocenters. The highest BCUT2D eigenvalue weighted by atomic mass is 79.9. The molecule has 1 heterocycles. The van der Waals surface area contributed by atoms with Crippen molar-refractivity contribution in [1.29, 1.82) is 0 Å². The molecule has 0 bridgehead atoms. The van der Waals surface area contributed by atoms with E-state index in [9.17, 15) is 10.1 Å². The van der Waals surface area contributed by atoms with Gasteiger partial charge in [-0.2, -0.15) is 4.98 Å². The largest absolute Gasteiger partial charge is 0.432 e. The van der Waals surface area contributed by atoms with Crippen molar-refractivity contribution in [3.05, 3.63) is 44.7 Å². The molecule has 0 radical (unpaired) electrons. The number of benzene rings is 1. The fourth-order valence-corrected chi connectivity index (χ4v) is 2.22. The molecule has 0 spiro atoms. The zero-order chi connectivity index (χ0) is 15.0. The maximum Gasteiger partial charge on any atom is 0.312 e. The normalized spacial score (nSPS) is 14.0. The van der Waals surface area contributed by atoms with Crippen molar-refractivity contribution in [1.82, 2.24) is 9.97 Å². The average molecular weight is 351 g/mol. The van der Waals surface area contributed by atoms with Crippen LogP contribution < -0.4 is 10.5 Å². The number of hydrogen-bond donors (Lipinski definition) is 1. The minimum absolute atomic E-state index is 0.114. The van der Waals surface area contributed by atoms with Gasteiger partial charge in [0.05, 0.1) is 4.92 Å². The monoisotopic (exact) mass is 350 g/mol. The summed E-state index contributed by atoms with van der Waals surface area (Å²) in [6.07, 6.45) is 2.06. The summed E-state index contributed by atoms with van der Waals surface area (Å²) < 4.78 is 6.13. The van der Waals surface area contributed by atoms with Gasteiger partial charge in [0.25, 0.3) is 0 Å². The van der Waals surface area contributed by atoms with Crippen LogP contribution in [0.15, 0.2) is 28.7 Å². The van der Waals surface area contributed by atoms with E-state index in [0.29, 0.717) is 22.0 Å². The quantitative estimate of drug-likeness (QED) is 0.669. The smallest absolute Gasteiger partial charge is 0.312 e. The lowest BCUT2D eigenvalue weighted by Crippen LogP contribution is -2.01. The van der Waals surface area contributed by atoms with Crippen LogP contribution >= 0.6 is 15.9 Å². The number of nitrogens with two attached hydrogens (primary N) is 1. The third-order valence-corrected chi connectivity index (χ3v) is 3.51. The number of aromatic nitrogens is 2. The van der Waals surface area contributed by atoms with Crippen molar-refractivity contribution in [3.8, 4) is 11.6 Å². The van der Waals surface area contributed by atoms with E-state index in [1.54, 1.807) is 6.07 Å². The van der Waals surface area contributed by atoms with Crippen LogP contribution in [0, 0.1) is 10.1 Å². The number of nitro groups is 1. The molecular formula is C13H11BrN4O3. The zero-order valence-corrected chi connectivity index (χ0v) is 12.4. The summed E-state index contributed by atoms with van der Waals surface area (Å²) in [5.41, 5.74) is 5.58. The summed E-state index contributed by atoms with van der Waals surface area (Å²) >= 11 is 3.19. The number of hydrogen-bond acceptors (Lipinski definition) is 6. The predicted octanol–water partition coefficient (Wildman–Crippen LogP) is 3.40. The molecule has 21 heavy (non-hydrogen) atoms. The molecule has 2 N–H and O–H groups in total. The number of nitrogens with zero attached hydrogens (tertiary/aromatic N) is 3. The van der Waals surface area contributed by atoms with Gasteiger partial charge in [-0.15, -0.1) is 0 Å². The molecule has 0 saturated heterocycles. The van der Waals surface area contributed by atoms with Crippen LogP contribution in [0.1, 0.15) is 24.6 Å². The van der Waals surface area contributed by atoms with E-state index < -0.39 is 4.92 Å². The summed E-state index contributed by atoms with van der Waals surface area (Å²) in [4.78, 5) is 19.0. The maximum atomic E-state index is 11.1. The van der Waals surface area contributed by atoms with Crippen molar-refractivity contribution in [2.24, 2.45) is 0 Å². The zero-order valence-electron chi connectivity index (χ0n) is 10.8. The van der Waals surface area contributed by atoms with Gasteiger partial charge in [0, 0.05) is 22.5 Å². The topological polar surface area (TPSA) is 104 Å². The number of rotatable bonds is 4. The van der Waals surface area contributed by atoms with Gasteiger partial charge in [0.1, 0.15) is 11.6 Å². The van der Waals surface area contributed by atoms with E-state index in [4.69, 9.17) is 10.5 Å². The lowest BCUT2D eigenvalue weighted by atomic mass is 10.3.